The Morgan fingerprint density at radius 3 is 1.93 bits per heavy atom. The smallest absolute Gasteiger partial charge is 0.330 e. The van der Waals surface area contributed by atoms with Crippen molar-refractivity contribution in [2.24, 2.45) is 0 Å². The Labute approximate surface area is 93.8 Å². The van der Waals surface area contributed by atoms with Crippen molar-refractivity contribution in [3.05, 3.63) is 12.2 Å². The molecule has 90 valence electrons. The van der Waals surface area contributed by atoms with Crippen molar-refractivity contribution < 1.29 is 9.90 Å². The molecular formula is C12H25NO2. The van der Waals surface area contributed by atoms with Gasteiger partial charge in [-0.15, -0.1) is 0 Å². The molecule has 0 saturated heterocycles. The van der Waals surface area contributed by atoms with Gasteiger partial charge in [-0.2, -0.15) is 0 Å². The number of nitrogens with zero attached hydrogens (tertiary/aromatic N) is 1. The maximum Gasteiger partial charge on any atom is 0.330 e. The zero-order valence-electron chi connectivity index (χ0n) is 10.5. The highest BCUT2D eigenvalue weighted by molar-refractivity contribution is 5.85. The monoisotopic (exact) mass is 215 g/mol. The van der Waals surface area contributed by atoms with Gasteiger partial charge in [0, 0.05) is 5.57 Å². The minimum Gasteiger partial charge on any atom is -0.478 e. The van der Waals surface area contributed by atoms with Crippen molar-refractivity contribution in [2.75, 3.05) is 20.6 Å². The predicted molar refractivity (Wildman–Crippen MR) is 65.1 cm³/mol. The normalized spacial score (nSPS) is 9.40. The van der Waals surface area contributed by atoms with Crippen LogP contribution in [0.15, 0.2) is 12.2 Å². The first-order chi connectivity index (χ1) is 6.95. The Morgan fingerprint density at radius 2 is 1.80 bits per heavy atom. The number of hydrogen-bond donors (Lipinski definition) is 1. The first-order valence-corrected chi connectivity index (χ1v) is 5.51. The van der Waals surface area contributed by atoms with E-state index in [0.29, 0.717) is 12.0 Å². The lowest BCUT2D eigenvalue weighted by Gasteiger charge is -2.05. The van der Waals surface area contributed by atoms with Gasteiger partial charge < -0.3 is 10.0 Å². The van der Waals surface area contributed by atoms with E-state index < -0.39 is 5.97 Å². The van der Waals surface area contributed by atoms with Gasteiger partial charge in [0.2, 0.25) is 0 Å². The standard InChI is InChI=1S/C6H15N.C6H10O2/c1-4-5-6-7(2)3;1-3-4-5(2)6(7)8/h4-6H2,1-3H3;2-4H2,1H3,(H,7,8). The van der Waals surface area contributed by atoms with E-state index in [1.54, 1.807) is 0 Å². The number of carboxylic acids is 1. The number of carboxylic acid groups (broad SMARTS) is 1. The minimum absolute atomic E-state index is 0.299. The van der Waals surface area contributed by atoms with Crippen LogP contribution in [0.5, 0.6) is 0 Å². The van der Waals surface area contributed by atoms with Crippen LogP contribution < -0.4 is 0 Å². The zero-order chi connectivity index (χ0) is 12.3. The van der Waals surface area contributed by atoms with Crippen LogP contribution in [-0.4, -0.2) is 36.6 Å². The van der Waals surface area contributed by atoms with E-state index in [2.05, 4.69) is 32.5 Å². The van der Waals surface area contributed by atoms with Gasteiger partial charge in [0.1, 0.15) is 0 Å². The Kier molecular flexibility index (Phi) is 12.4. The summed E-state index contributed by atoms with van der Waals surface area (Å²) in [6, 6.07) is 0. The molecule has 0 aliphatic heterocycles. The number of hydrogen-bond acceptors (Lipinski definition) is 2. The van der Waals surface area contributed by atoms with Gasteiger partial charge >= 0.3 is 5.97 Å². The summed E-state index contributed by atoms with van der Waals surface area (Å²) >= 11 is 0. The van der Waals surface area contributed by atoms with Crippen LogP contribution in [0.3, 0.4) is 0 Å². The average molecular weight is 215 g/mol. The van der Waals surface area contributed by atoms with Crippen molar-refractivity contribution in [1.29, 1.82) is 0 Å². The van der Waals surface area contributed by atoms with Gasteiger partial charge in [-0.25, -0.2) is 4.79 Å². The molecule has 0 bridgehead atoms. The molecule has 0 radical (unpaired) electrons. The van der Waals surface area contributed by atoms with Crippen LogP contribution in [0.25, 0.3) is 0 Å². The Bertz CT molecular complexity index is 176. The first-order valence-electron chi connectivity index (χ1n) is 5.51. The summed E-state index contributed by atoms with van der Waals surface area (Å²) in [6.45, 7) is 8.71. The molecule has 1 N–H and O–H groups in total. The summed E-state index contributed by atoms with van der Waals surface area (Å²) in [5.74, 6) is -0.883. The summed E-state index contributed by atoms with van der Waals surface area (Å²) < 4.78 is 0. The second-order valence-corrected chi connectivity index (χ2v) is 3.82. The van der Waals surface area contributed by atoms with Gasteiger partial charge in [0.05, 0.1) is 0 Å². The molecule has 0 saturated carbocycles. The van der Waals surface area contributed by atoms with E-state index >= 15 is 0 Å². The number of aliphatic carboxylic acids is 1. The van der Waals surface area contributed by atoms with Crippen LogP contribution in [-0.2, 0) is 4.79 Å². The fourth-order valence-corrected chi connectivity index (χ4v) is 0.883. The summed E-state index contributed by atoms with van der Waals surface area (Å²) in [7, 11) is 4.21. The summed E-state index contributed by atoms with van der Waals surface area (Å²) in [5, 5.41) is 8.21. The summed E-state index contributed by atoms with van der Waals surface area (Å²) in [6.07, 6.45) is 4.08. The van der Waals surface area contributed by atoms with Crippen LogP contribution in [0.1, 0.15) is 39.5 Å². The molecule has 0 rings (SSSR count). The molecule has 0 aliphatic carbocycles. The van der Waals surface area contributed by atoms with Crippen molar-refractivity contribution in [1.82, 2.24) is 4.90 Å². The molecule has 0 aromatic carbocycles. The fraction of sp³-hybridized carbons (Fsp3) is 0.750. The molecule has 0 unspecified atom stereocenters. The zero-order valence-corrected chi connectivity index (χ0v) is 10.5. The molecule has 0 aromatic rings. The lowest BCUT2D eigenvalue weighted by atomic mass is 10.2. The minimum atomic E-state index is -0.883. The third-order valence-electron chi connectivity index (χ3n) is 1.81. The molecule has 0 amide bonds. The second kappa shape index (κ2) is 11.2. The third kappa shape index (κ3) is 15.9. The van der Waals surface area contributed by atoms with Crippen molar-refractivity contribution in [3.63, 3.8) is 0 Å². The predicted octanol–water partition coefficient (Wildman–Crippen LogP) is 2.78. The maximum absolute atomic E-state index is 9.99. The molecule has 0 aromatic heterocycles. The molecule has 3 heteroatoms. The van der Waals surface area contributed by atoms with Crippen LogP contribution in [0, 0.1) is 0 Å². The number of carbonyl (C=O) groups is 1. The van der Waals surface area contributed by atoms with E-state index in [-0.39, 0.29) is 0 Å². The van der Waals surface area contributed by atoms with Gasteiger partial charge in [0.15, 0.2) is 0 Å². The molecular weight excluding hydrogens is 190 g/mol. The van der Waals surface area contributed by atoms with Crippen molar-refractivity contribution >= 4 is 5.97 Å². The summed E-state index contributed by atoms with van der Waals surface area (Å²) in [4.78, 5) is 12.2. The second-order valence-electron chi connectivity index (χ2n) is 3.82. The Hall–Kier alpha value is -0.830. The quantitative estimate of drug-likeness (QED) is 0.693. The van der Waals surface area contributed by atoms with Crippen molar-refractivity contribution in [3.8, 4) is 0 Å². The van der Waals surface area contributed by atoms with Crippen LogP contribution >= 0.6 is 0 Å². The van der Waals surface area contributed by atoms with Crippen LogP contribution in [0.4, 0.5) is 0 Å². The molecule has 0 fully saturated rings. The molecule has 0 atom stereocenters. The topological polar surface area (TPSA) is 40.5 Å². The van der Waals surface area contributed by atoms with Gasteiger partial charge in [0.25, 0.3) is 0 Å². The van der Waals surface area contributed by atoms with E-state index in [1.807, 2.05) is 6.92 Å². The highest BCUT2D eigenvalue weighted by atomic mass is 16.4. The lowest BCUT2D eigenvalue weighted by molar-refractivity contribution is -0.132. The largest absolute Gasteiger partial charge is 0.478 e. The SMILES string of the molecule is C=C(CCC)C(=O)O.CCCCN(C)C. The van der Waals surface area contributed by atoms with Crippen molar-refractivity contribution in [2.45, 2.75) is 39.5 Å². The fourth-order valence-electron chi connectivity index (χ4n) is 0.883. The summed E-state index contributed by atoms with van der Waals surface area (Å²) in [5.41, 5.74) is 0.299. The molecule has 0 heterocycles. The molecule has 0 aliphatic rings. The van der Waals surface area contributed by atoms with Gasteiger partial charge in [-0.3, -0.25) is 0 Å². The number of unbranched alkanes of at least 4 members (excludes halogenated alkanes) is 1. The Balaban J connectivity index is 0. The number of rotatable bonds is 6. The van der Waals surface area contributed by atoms with Gasteiger partial charge in [-0.1, -0.05) is 33.3 Å². The van der Waals surface area contributed by atoms with E-state index in [4.69, 9.17) is 5.11 Å². The highest BCUT2D eigenvalue weighted by Crippen LogP contribution is 1.99. The van der Waals surface area contributed by atoms with E-state index in [9.17, 15) is 4.79 Å². The maximum atomic E-state index is 9.99. The van der Waals surface area contributed by atoms with Crippen LogP contribution in [0.2, 0.25) is 0 Å². The molecule has 15 heavy (non-hydrogen) atoms. The van der Waals surface area contributed by atoms with E-state index in [0.717, 1.165) is 6.42 Å². The average Bonchev–Trinajstić information content (AvgIpc) is 2.16. The lowest BCUT2D eigenvalue weighted by Crippen LogP contribution is -2.12. The highest BCUT2D eigenvalue weighted by Gasteiger charge is 1.99. The third-order valence-corrected chi connectivity index (χ3v) is 1.81. The molecule has 3 nitrogen and oxygen atoms in total. The van der Waals surface area contributed by atoms with Gasteiger partial charge in [-0.05, 0) is 33.5 Å². The Morgan fingerprint density at radius 1 is 1.27 bits per heavy atom. The van der Waals surface area contributed by atoms with E-state index in [1.165, 1.54) is 19.4 Å². The molecule has 0 spiro atoms. The first kappa shape index (κ1) is 16.6.